The number of hydrogen-bond donors (Lipinski definition) is 2. The third-order valence-electron chi connectivity index (χ3n) is 2.88. The monoisotopic (exact) mass is 320 g/mol. The largest absolute Gasteiger partial charge is 0.480 e. The second-order valence-corrected chi connectivity index (χ2v) is 5.97. The minimum absolute atomic E-state index is 0.0959. The smallest absolute Gasteiger partial charge is 0.408 e. The van der Waals surface area contributed by atoms with Crippen LogP contribution < -0.4 is 5.32 Å². The molecule has 1 aromatic carbocycles. The maximum absolute atomic E-state index is 11.7. The van der Waals surface area contributed by atoms with Crippen molar-refractivity contribution in [2.45, 2.75) is 26.0 Å². The highest BCUT2D eigenvalue weighted by atomic mass is 32.1. The molecule has 2 rings (SSSR count). The van der Waals surface area contributed by atoms with Crippen molar-refractivity contribution in [3.05, 3.63) is 52.0 Å². The fraction of sp³-hybridized carbons (Fsp3) is 0.267. The molecule has 0 aliphatic rings. The van der Waals surface area contributed by atoms with Crippen molar-refractivity contribution in [3.63, 3.8) is 0 Å². The lowest BCUT2D eigenvalue weighted by Gasteiger charge is -2.13. The molecule has 0 fully saturated rings. The van der Waals surface area contributed by atoms with Gasteiger partial charge in [-0.1, -0.05) is 30.3 Å². The number of nitrogens with one attached hydrogen (secondary N) is 1. The fourth-order valence-electron chi connectivity index (χ4n) is 1.81. The van der Waals surface area contributed by atoms with E-state index in [1.165, 1.54) is 11.3 Å². The minimum Gasteiger partial charge on any atom is -0.480 e. The summed E-state index contributed by atoms with van der Waals surface area (Å²) in [7, 11) is 0. The van der Waals surface area contributed by atoms with Gasteiger partial charge in [-0.05, 0) is 12.5 Å². The summed E-state index contributed by atoms with van der Waals surface area (Å²) in [6.07, 6.45) is 1.05. The van der Waals surface area contributed by atoms with Gasteiger partial charge < -0.3 is 15.2 Å². The summed E-state index contributed by atoms with van der Waals surface area (Å²) >= 11 is 1.40. The molecule has 22 heavy (non-hydrogen) atoms. The number of carboxylic acid groups (broad SMARTS) is 1. The number of rotatable bonds is 6. The molecule has 1 aromatic heterocycles. The van der Waals surface area contributed by atoms with Gasteiger partial charge in [-0.2, -0.15) is 0 Å². The van der Waals surface area contributed by atoms with Gasteiger partial charge in [0.05, 0.1) is 5.01 Å². The summed E-state index contributed by atoms with van der Waals surface area (Å²) in [6.45, 7) is 1.93. The van der Waals surface area contributed by atoms with Crippen LogP contribution in [-0.4, -0.2) is 28.2 Å². The maximum Gasteiger partial charge on any atom is 0.408 e. The highest BCUT2D eigenvalue weighted by Gasteiger charge is 2.22. The van der Waals surface area contributed by atoms with Crippen LogP contribution in [0.5, 0.6) is 0 Å². The lowest BCUT2D eigenvalue weighted by Crippen LogP contribution is -2.42. The Labute approximate surface area is 131 Å². The molecule has 7 heteroatoms. The molecule has 2 aromatic rings. The molecule has 0 radical (unpaired) electrons. The second kappa shape index (κ2) is 7.56. The molecule has 1 heterocycles. The van der Waals surface area contributed by atoms with Crippen LogP contribution in [-0.2, 0) is 22.6 Å². The topological polar surface area (TPSA) is 88.5 Å². The number of benzene rings is 1. The lowest BCUT2D eigenvalue weighted by molar-refractivity contribution is -0.139. The molecule has 0 saturated carbocycles. The third-order valence-corrected chi connectivity index (χ3v) is 3.81. The quantitative estimate of drug-likeness (QED) is 0.853. The molecule has 0 bridgehead atoms. The molecule has 0 saturated heterocycles. The van der Waals surface area contributed by atoms with Crippen molar-refractivity contribution in [3.8, 4) is 0 Å². The SMILES string of the molecule is Cc1ncc(CC(NC(=O)OCc2ccccc2)C(=O)O)s1. The highest BCUT2D eigenvalue weighted by Crippen LogP contribution is 2.14. The molecule has 0 aliphatic carbocycles. The second-order valence-electron chi connectivity index (χ2n) is 4.65. The average molecular weight is 320 g/mol. The zero-order valence-corrected chi connectivity index (χ0v) is 12.8. The number of aryl methyl sites for hydroxylation is 1. The van der Waals surface area contributed by atoms with Crippen molar-refractivity contribution < 1.29 is 19.4 Å². The van der Waals surface area contributed by atoms with Crippen LogP contribution in [0.25, 0.3) is 0 Å². The van der Waals surface area contributed by atoms with Gasteiger partial charge in [-0.25, -0.2) is 14.6 Å². The molecule has 6 nitrogen and oxygen atoms in total. The Morgan fingerprint density at radius 3 is 2.68 bits per heavy atom. The number of aromatic nitrogens is 1. The number of alkyl carbamates (subject to hydrolysis) is 1. The van der Waals surface area contributed by atoms with Crippen LogP contribution in [0.15, 0.2) is 36.5 Å². The summed E-state index contributed by atoms with van der Waals surface area (Å²) in [4.78, 5) is 27.8. The third kappa shape index (κ3) is 4.85. The van der Waals surface area contributed by atoms with Crippen molar-refractivity contribution in [2.24, 2.45) is 0 Å². The zero-order valence-electron chi connectivity index (χ0n) is 12.0. The Bertz CT molecular complexity index is 642. The number of carboxylic acids is 1. The molecule has 116 valence electrons. The van der Waals surface area contributed by atoms with Gasteiger partial charge >= 0.3 is 12.1 Å². The Hall–Kier alpha value is -2.41. The van der Waals surface area contributed by atoms with Crippen LogP contribution in [0.3, 0.4) is 0 Å². The van der Waals surface area contributed by atoms with E-state index in [2.05, 4.69) is 10.3 Å². The van der Waals surface area contributed by atoms with Crippen molar-refractivity contribution in [2.75, 3.05) is 0 Å². The standard InChI is InChI=1S/C15H16N2O4S/c1-10-16-8-12(22-10)7-13(14(18)19)17-15(20)21-9-11-5-3-2-4-6-11/h2-6,8,13H,7,9H2,1H3,(H,17,20)(H,18,19). The molecular formula is C15H16N2O4S. The molecule has 0 spiro atoms. The van der Waals surface area contributed by atoms with Crippen LogP contribution in [0.4, 0.5) is 4.79 Å². The van der Waals surface area contributed by atoms with Gasteiger partial charge in [-0.3, -0.25) is 0 Å². The number of aliphatic carboxylic acids is 1. The molecule has 2 N–H and O–H groups in total. The van der Waals surface area contributed by atoms with Gasteiger partial charge in [0.1, 0.15) is 12.6 Å². The highest BCUT2D eigenvalue weighted by molar-refractivity contribution is 7.11. The zero-order chi connectivity index (χ0) is 15.9. The average Bonchev–Trinajstić information content (AvgIpc) is 2.91. The predicted octanol–water partition coefficient (Wildman–Crippen LogP) is 2.37. The first-order valence-electron chi connectivity index (χ1n) is 6.66. The van der Waals surface area contributed by atoms with E-state index >= 15 is 0 Å². The molecule has 1 amide bonds. The van der Waals surface area contributed by atoms with Crippen LogP contribution in [0.1, 0.15) is 15.4 Å². The van der Waals surface area contributed by atoms with Gasteiger partial charge in [0.25, 0.3) is 0 Å². The first-order chi connectivity index (χ1) is 10.5. The predicted molar refractivity (Wildman–Crippen MR) is 81.7 cm³/mol. The fourth-order valence-corrected chi connectivity index (χ4v) is 2.65. The van der Waals surface area contributed by atoms with E-state index in [0.717, 1.165) is 15.4 Å². The summed E-state index contributed by atoms with van der Waals surface area (Å²) in [6, 6.07) is 8.14. The Morgan fingerprint density at radius 2 is 2.09 bits per heavy atom. The normalized spacial score (nSPS) is 11.7. The van der Waals surface area contributed by atoms with Crippen LogP contribution >= 0.6 is 11.3 Å². The lowest BCUT2D eigenvalue weighted by atomic mass is 10.2. The van der Waals surface area contributed by atoms with E-state index in [9.17, 15) is 14.7 Å². The Kier molecular flexibility index (Phi) is 5.48. The Morgan fingerprint density at radius 1 is 1.36 bits per heavy atom. The number of nitrogens with zero attached hydrogens (tertiary/aromatic N) is 1. The Balaban J connectivity index is 1.87. The van der Waals surface area contributed by atoms with E-state index in [4.69, 9.17) is 4.74 Å². The summed E-state index contributed by atoms with van der Waals surface area (Å²) in [5, 5.41) is 12.4. The maximum atomic E-state index is 11.7. The first kappa shape index (κ1) is 16.0. The number of amides is 1. The van der Waals surface area contributed by atoms with Gasteiger partial charge in [0.15, 0.2) is 0 Å². The van der Waals surface area contributed by atoms with Crippen molar-refractivity contribution >= 4 is 23.4 Å². The van der Waals surface area contributed by atoms with Crippen LogP contribution in [0, 0.1) is 6.92 Å². The first-order valence-corrected chi connectivity index (χ1v) is 7.47. The van der Waals surface area contributed by atoms with Gasteiger partial charge in [-0.15, -0.1) is 11.3 Å². The summed E-state index contributed by atoms with van der Waals surface area (Å²) in [5.41, 5.74) is 0.836. The van der Waals surface area contributed by atoms with E-state index < -0.39 is 18.1 Å². The number of ether oxygens (including phenoxy) is 1. The minimum atomic E-state index is -1.11. The molecule has 0 aliphatic heterocycles. The molecule has 1 unspecified atom stereocenters. The van der Waals surface area contributed by atoms with E-state index in [-0.39, 0.29) is 13.0 Å². The van der Waals surface area contributed by atoms with Crippen molar-refractivity contribution in [1.82, 2.24) is 10.3 Å². The van der Waals surface area contributed by atoms with Gasteiger partial charge in [0, 0.05) is 17.5 Å². The van der Waals surface area contributed by atoms with Crippen LogP contribution in [0.2, 0.25) is 0 Å². The summed E-state index contributed by atoms with van der Waals surface area (Å²) < 4.78 is 5.03. The number of carbonyl (C=O) groups is 2. The van der Waals surface area contributed by atoms with Crippen molar-refractivity contribution in [1.29, 1.82) is 0 Å². The van der Waals surface area contributed by atoms with Gasteiger partial charge in [0.2, 0.25) is 0 Å². The van der Waals surface area contributed by atoms with E-state index in [1.807, 2.05) is 37.3 Å². The number of thiazole rings is 1. The van der Waals surface area contributed by atoms with E-state index in [1.54, 1.807) is 6.20 Å². The molecule has 1 atom stereocenters. The number of hydrogen-bond acceptors (Lipinski definition) is 5. The molecular weight excluding hydrogens is 304 g/mol. The summed E-state index contributed by atoms with van der Waals surface area (Å²) in [5.74, 6) is -1.11. The van der Waals surface area contributed by atoms with E-state index in [0.29, 0.717) is 0 Å². The number of carbonyl (C=O) groups excluding carboxylic acids is 1.